The Balaban J connectivity index is 2.66. The molecular formula is C15H23NO4. The summed E-state index contributed by atoms with van der Waals surface area (Å²) in [5.74, 6) is 0.319. The van der Waals surface area contributed by atoms with Crippen molar-refractivity contribution in [2.75, 3.05) is 7.05 Å². The topological polar surface area (TPSA) is 70.8 Å². The highest BCUT2D eigenvalue weighted by Gasteiger charge is 2.18. The zero-order valence-electron chi connectivity index (χ0n) is 12.6. The third kappa shape index (κ3) is 4.11. The highest BCUT2D eigenvalue weighted by molar-refractivity contribution is 5.88. The Morgan fingerprint density at radius 3 is 2.40 bits per heavy atom. The van der Waals surface area contributed by atoms with Crippen LogP contribution in [0.5, 0.6) is 0 Å². The molecule has 1 heterocycles. The van der Waals surface area contributed by atoms with Gasteiger partial charge in [0.1, 0.15) is 17.1 Å². The third-order valence-corrected chi connectivity index (χ3v) is 3.64. The van der Waals surface area contributed by atoms with Crippen molar-refractivity contribution in [3.05, 3.63) is 23.2 Å². The lowest BCUT2D eigenvalue weighted by Crippen LogP contribution is -2.27. The minimum atomic E-state index is -1.01. The molecule has 0 aliphatic rings. The number of hydrogen-bond acceptors (Lipinski definition) is 3. The minimum absolute atomic E-state index is 0.0598. The zero-order valence-corrected chi connectivity index (χ0v) is 12.6. The first-order valence-corrected chi connectivity index (χ1v) is 6.95. The van der Waals surface area contributed by atoms with Gasteiger partial charge in [-0.05, 0) is 18.9 Å². The Morgan fingerprint density at radius 1 is 1.35 bits per heavy atom. The van der Waals surface area contributed by atoms with Gasteiger partial charge in [0.25, 0.3) is 0 Å². The number of aryl methyl sites for hydroxylation is 1. The van der Waals surface area contributed by atoms with Gasteiger partial charge in [-0.1, -0.05) is 26.7 Å². The maximum Gasteiger partial charge on any atom is 0.339 e. The number of amides is 1. The molecule has 20 heavy (non-hydrogen) atoms. The fourth-order valence-corrected chi connectivity index (χ4v) is 2.14. The van der Waals surface area contributed by atoms with Gasteiger partial charge in [0.15, 0.2) is 0 Å². The summed E-state index contributed by atoms with van der Waals surface area (Å²) in [7, 11) is 1.71. The Kier molecular flexibility index (Phi) is 5.80. The SMILES string of the molecule is CCC(CC)CC(=O)N(C)Cc1cc(C(=O)O)c(C)o1. The van der Waals surface area contributed by atoms with Crippen LogP contribution in [0, 0.1) is 12.8 Å². The first-order valence-electron chi connectivity index (χ1n) is 6.95. The van der Waals surface area contributed by atoms with Crippen LogP contribution in [0.25, 0.3) is 0 Å². The number of carboxylic acid groups (broad SMARTS) is 1. The van der Waals surface area contributed by atoms with Crippen LogP contribution in [-0.2, 0) is 11.3 Å². The summed E-state index contributed by atoms with van der Waals surface area (Å²) >= 11 is 0. The molecule has 112 valence electrons. The fourth-order valence-electron chi connectivity index (χ4n) is 2.14. The Bertz CT molecular complexity index is 474. The third-order valence-electron chi connectivity index (χ3n) is 3.64. The van der Waals surface area contributed by atoms with Gasteiger partial charge >= 0.3 is 5.97 Å². The number of carbonyl (C=O) groups is 2. The van der Waals surface area contributed by atoms with Gasteiger partial charge in [-0.2, -0.15) is 0 Å². The second-order valence-corrected chi connectivity index (χ2v) is 5.12. The van der Waals surface area contributed by atoms with Crippen molar-refractivity contribution in [2.45, 2.75) is 46.6 Å². The first-order chi connectivity index (χ1) is 9.38. The number of carbonyl (C=O) groups excluding carboxylic acids is 1. The maximum absolute atomic E-state index is 12.1. The van der Waals surface area contributed by atoms with E-state index < -0.39 is 5.97 Å². The molecule has 5 heteroatoms. The smallest absolute Gasteiger partial charge is 0.339 e. The highest BCUT2D eigenvalue weighted by atomic mass is 16.4. The van der Waals surface area contributed by atoms with Crippen molar-refractivity contribution < 1.29 is 19.1 Å². The molecule has 0 aromatic carbocycles. The van der Waals surface area contributed by atoms with Crippen molar-refractivity contribution in [3.63, 3.8) is 0 Å². The monoisotopic (exact) mass is 281 g/mol. The van der Waals surface area contributed by atoms with Crippen LogP contribution in [0.3, 0.4) is 0 Å². The first kappa shape index (κ1) is 16.3. The number of nitrogens with zero attached hydrogens (tertiary/aromatic N) is 1. The predicted molar refractivity (Wildman–Crippen MR) is 75.6 cm³/mol. The van der Waals surface area contributed by atoms with Crippen molar-refractivity contribution in [2.24, 2.45) is 5.92 Å². The normalized spacial score (nSPS) is 10.8. The molecule has 0 atom stereocenters. The van der Waals surface area contributed by atoms with E-state index in [-0.39, 0.29) is 11.5 Å². The van der Waals surface area contributed by atoms with E-state index in [4.69, 9.17) is 9.52 Å². The largest absolute Gasteiger partial charge is 0.478 e. The lowest BCUT2D eigenvalue weighted by atomic mass is 9.99. The van der Waals surface area contributed by atoms with Gasteiger partial charge in [-0.15, -0.1) is 0 Å². The Labute approximate surface area is 119 Å². The van der Waals surface area contributed by atoms with Gasteiger partial charge in [0, 0.05) is 13.5 Å². The van der Waals surface area contributed by atoms with Gasteiger partial charge in [0.05, 0.1) is 6.54 Å². The van der Waals surface area contributed by atoms with E-state index in [1.807, 2.05) is 0 Å². The summed E-state index contributed by atoms with van der Waals surface area (Å²) in [5.41, 5.74) is 0.154. The summed E-state index contributed by atoms with van der Waals surface area (Å²) in [4.78, 5) is 24.6. The molecule has 1 rings (SSSR count). The van der Waals surface area contributed by atoms with Gasteiger partial charge in [-0.25, -0.2) is 4.79 Å². The molecule has 0 saturated carbocycles. The number of rotatable bonds is 7. The van der Waals surface area contributed by atoms with Crippen LogP contribution < -0.4 is 0 Å². The molecule has 1 aromatic rings. The lowest BCUT2D eigenvalue weighted by molar-refractivity contribution is -0.131. The van der Waals surface area contributed by atoms with E-state index in [0.29, 0.717) is 30.4 Å². The number of furan rings is 1. The van der Waals surface area contributed by atoms with Crippen molar-refractivity contribution in [3.8, 4) is 0 Å². The lowest BCUT2D eigenvalue weighted by Gasteiger charge is -2.19. The summed E-state index contributed by atoms with van der Waals surface area (Å²) in [6.07, 6.45) is 2.49. The molecule has 5 nitrogen and oxygen atoms in total. The van der Waals surface area contributed by atoms with Crippen LogP contribution >= 0.6 is 0 Å². The van der Waals surface area contributed by atoms with Gasteiger partial charge in [0.2, 0.25) is 5.91 Å². The van der Waals surface area contributed by atoms with Crippen LogP contribution in [0.4, 0.5) is 0 Å². The summed E-state index contributed by atoms with van der Waals surface area (Å²) in [5, 5.41) is 8.96. The predicted octanol–water partition coefficient (Wildman–Crippen LogP) is 3.07. The molecule has 1 amide bonds. The highest BCUT2D eigenvalue weighted by Crippen LogP contribution is 2.18. The molecule has 1 N–H and O–H groups in total. The van der Waals surface area contributed by atoms with E-state index in [0.717, 1.165) is 12.8 Å². The molecule has 0 saturated heterocycles. The fraction of sp³-hybridized carbons (Fsp3) is 0.600. The van der Waals surface area contributed by atoms with Crippen molar-refractivity contribution in [1.82, 2.24) is 4.90 Å². The molecule has 1 aromatic heterocycles. The van der Waals surface area contributed by atoms with Gasteiger partial charge < -0.3 is 14.4 Å². The Hall–Kier alpha value is -1.78. The molecule has 0 bridgehead atoms. The van der Waals surface area contributed by atoms with E-state index >= 15 is 0 Å². The van der Waals surface area contributed by atoms with Crippen molar-refractivity contribution >= 4 is 11.9 Å². The summed E-state index contributed by atoms with van der Waals surface area (Å²) in [6.45, 7) is 6.07. The number of carboxylic acids is 1. The van der Waals surface area contributed by atoms with Gasteiger partial charge in [-0.3, -0.25) is 4.79 Å². The van der Waals surface area contributed by atoms with E-state index in [9.17, 15) is 9.59 Å². The standard InChI is InChI=1S/C15H23NO4/c1-5-11(6-2)7-14(17)16(4)9-12-8-13(15(18)19)10(3)20-12/h8,11H,5-7,9H2,1-4H3,(H,18,19). The Morgan fingerprint density at radius 2 is 1.95 bits per heavy atom. The van der Waals surface area contributed by atoms with Crippen LogP contribution in [0.1, 0.15) is 55.0 Å². The maximum atomic E-state index is 12.1. The molecule has 0 spiro atoms. The second kappa shape index (κ2) is 7.12. The quantitative estimate of drug-likeness (QED) is 0.833. The average Bonchev–Trinajstić information content (AvgIpc) is 2.76. The molecule has 0 fully saturated rings. The molecule has 0 unspecified atom stereocenters. The zero-order chi connectivity index (χ0) is 15.3. The average molecular weight is 281 g/mol. The molecule has 0 aliphatic heterocycles. The molecule has 0 radical (unpaired) electrons. The van der Waals surface area contributed by atoms with Crippen LogP contribution in [0.2, 0.25) is 0 Å². The van der Waals surface area contributed by atoms with E-state index in [1.165, 1.54) is 6.07 Å². The number of hydrogen-bond donors (Lipinski definition) is 1. The summed E-state index contributed by atoms with van der Waals surface area (Å²) < 4.78 is 5.38. The van der Waals surface area contributed by atoms with Crippen LogP contribution in [0.15, 0.2) is 10.5 Å². The summed E-state index contributed by atoms with van der Waals surface area (Å²) in [6, 6.07) is 1.48. The minimum Gasteiger partial charge on any atom is -0.478 e. The molecular weight excluding hydrogens is 258 g/mol. The van der Waals surface area contributed by atoms with E-state index in [1.54, 1.807) is 18.9 Å². The second-order valence-electron chi connectivity index (χ2n) is 5.12. The number of aromatic carboxylic acids is 1. The van der Waals surface area contributed by atoms with Crippen LogP contribution in [-0.4, -0.2) is 28.9 Å². The molecule has 0 aliphatic carbocycles. The van der Waals surface area contributed by atoms with E-state index in [2.05, 4.69) is 13.8 Å². The van der Waals surface area contributed by atoms with Crippen molar-refractivity contribution in [1.29, 1.82) is 0 Å².